The largest absolute Gasteiger partial charge is 0.497 e. The SMILES string of the molecule is C=C[C@@](CCCCCCCCC)(CO[Si](C(C)C)(C(C)C)C(C)C)OCc1ccc(OC)cc1. The highest BCUT2D eigenvalue weighted by atomic mass is 28.4. The predicted molar refractivity (Wildman–Crippen MR) is 150 cm³/mol. The van der Waals surface area contributed by atoms with Crippen LogP contribution in [0.1, 0.15) is 105 Å². The van der Waals surface area contributed by atoms with E-state index >= 15 is 0 Å². The summed E-state index contributed by atoms with van der Waals surface area (Å²) in [5.41, 5.74) is 2.34. The van der Waals surface area contributed by atoms with E-state index in [9.17, 15) is 0 Å². The van der Waals surface area contributed by atoms with Crippen LogP contribution in [0.15, 0.2) is 36.9 Å². The Balaban J connectivity index is 2.97. The standard InChI is InChI=1S/C30H54O3Si/c1-10-12-13-14-15-16-17-22-30(11-2,32-23-28-18-20-29(31-9)21-19-28)24-33-34(25(3)4,26(5)6)27(7)8/h11,18-21,25-27H,2,10,12-17,22-24H2,1,3-9H3/t30-/m1/s1. The van der Waals surface area contributed by atoms with Crippen molar-refractivity contribution >= 4 is 8.32 Å². The first-order chi connectivity index (χ1) is 16.2. The molecule has 1 atom stereocenters. The van der Waals surface area contributed by atoms with Crippen molar-refractivity contribution in [3.8, 4) is 5.75 Å². The van der Waals surface area contributed by atoms with Crippen LogP contribution in [-0.2, 0) is 15.8 Å². The van der Waals surface area contributed by atoms with Crippen LogP contribution in [0, 0.1) is 0 Å². The Hall–Kier alpha value is -1.10. The van der Waals surface area contributed by atoms with Gasteiger partial charge in [-0.1, -0.05) is 112 Å². The molecule has 1 rings (SSSR count). The molecular formula is C30H54O3Si. The molecule has 0 aliphatic carbocycles. The Morgan fingerprint density at radius 2 is 1.38 bits per heavy atom. The summed E-state index contributed by atoms with van der Waals surface area (Å²) in [5, 5.41) is 0. The summed E-state index contributed by atoms with van der Waals surface area (Å²) in [6.07, 6.45) is 12.0. The summed E-state index contributed by atoms with van der Waals surface area (Å²) >= 11 is 0. The number of hydrogen-bond donors (Lipinski definition) is 0. The van der Waals surface area contributed by atoms with E-state index in [1.54, 1.807) is 7.11 Å². The molecule has 0 aliphatic rings. The fourth-order valence-corrected chi connectivity index (χ4v) is 11.0. The van der Waals surface area contributed by atoms with E-state index in [0.29, 0.717) is 29.8 Å². The summed E-state index contributed by atoms with van der Waals surface area (Å²) in [7, 11) is -0.291. The van der Waals surface area contributed by atoms with E-state index in [2.05, 4.69) is 67.2 Å². The van der Waals surface area contributed by atoms with E-state index in [0.717, 1.165) is 24.2 Å². The third-order valence-electron chi connectivity index (χ3n) is 7.53. The van der Waals surface area contributed by atoms with Crippen molar-refractivity contribution in [2.45, 2.75) is 129 Å². The maximum absolute atomic E-state index is 7.03. The summed E-state index contributed by atoms with van der Waals surface area (Å²) < 4.78 is 19.0. The van der Waals surface area contributed by atoms with Gasteiger partial charge in [-0.15, -0.1) is 6.58 Å². The lowest BCUT2D eigenvalue weighted by molar-refractivity contribution is -0.0587. The van der Waals surface area contributed by atoms with Gasteiger partial charge in [0.1, 0.15) is 11.4 Å². The highest BCUT2D eigenvalue weighted by molar-refractivity contribution is 6.77. The molecule has 0 spiro atoms. The quantitative estimate of drug-likeness (QED) is 0.110. The molecule has 0 amide bonds. The normalized spacial score (nSPS) is 14.1. The highest BCUT2D eigenvalue weighted by Crippen LogP contribution is 2.43. The lowest BCUT2D eigenvalue weighted by atomic mass is 9.96. The van der Waals surface area contributed by atoms with E-state index in [4.69, 9.17) is 13.9 Å². The van der Waals surface area contributed by atoms with Crippen LogP contribution >= 0.6 is 0 Å². The minimum atomic E-state index is -1.99. The molecule has 1 aromatic carbocycles. The van der Waals surface area contributed by atoms with Gasteiger partial charge >= 0.3 is 0 Å². The molecule has 0 unspecified atom stereocenters. The van der Waals surface area contributed by atoms with Crippen molar-refractivity contribution in [1.82, 2.24) is 0 Å². The number of rotatable bonds is 19. The van der Waals surface area contributed by atoms with E-state index in [1.165, 1.54) is 38.5 Å². The summed E-state index contributed by atoms with van der Waals surface area (Å²) in [6, 6.07) is 8.15. The first-order valence-electron chi connectivity index (χ1n) is 13.7. The Morgan fingerprint density at radius 3 is 1.85 bits per heavy atom. The van der Waals surface area contributed by atoms with Gasteiger partial charge in [-0.25, -0.2) is 0 Å². The second-order valence-corrected chi connectivity index (χ2v) is 16.3. The van der Waals surface area contributed by atoms with Crippen molar-refractivity contribution < 1.29 is 13.9 Å². The maximum Gasteiger partial charge on any atom is 0.200 e. The maximum atomic E-state index is 7.03. The Kier molecular flexibility index (Phi) is 14.4. The molecule has 0 saturated carbocycles. The zero-order chi connectivity index (χ0) is 25.6. The third kappa shape index (κ3) is 9.16. The molecule has 3 nitrogen and oxygen atoms in total. The molecule has 0 saturated heterocycles. The molecule has 0 radical (unpaired) electrons. The molecule has 196 valence electrons. The smallest absolute Gasteiger partial charge is 0.200 e. The van der Waals surface area contributed by atoms with Crippen LogP contribution in [0.25, 0.3) is 0 Å². The molecular weight excluding hydrogens is 436 g/mol. The second kappa shape index (κ2) is 15.8. The number of ether oxygens (including phenoxy) is 2. The monoisotopic (exact) mass is 490 g/mol. The lowest BCUT2D eigenvalue weighted by Crippen LogP contribution is -2.51. The average Bonchev–Trinajstić information content (AvgIpc) is 2.81. The first kappa shape index (κ1) is 30.9. The minimum absolute atomic E-state index is 0.458. The molecule has 4 heteroatoms. The van der Waals surface area contributed by atoms with Crippen LogP contribution < -0.4 is 4.74 Å². The molecule has 0 aromatic heterocycles. The van der Waals surface area contributed by atoms with Crippen molar-refractivity contribution in [2.75, 3.05) is 13.7 Å². The fraction of sp³-hybridized carbons (Fsp3) is 0.733. The topological polar surface area (TPSA) is 27.7 Å². The van der Waals surface area contributed by atoms with Crippen molar-refractivity contribution in [1.29, 1.82) is 0 Å². The summed E-state index contributed by atoms with van der Waals surface area (Å²) in [5.74, 6) is 0.867. The summed E-state index contributed by atoms with van der Waals surface area (Å²) in [6.45, 7) is 21.7. The van der Waals surface area contributed by atoms with Crippen molar-refractivity contribution in [3.05, 3.63) is 42.5 Å². The molecule has 0 N–H and O–H groups in total. The Morgan fingerprint density at radius 1 is 0.853 bits per heavy atom. The van der Waals surface area contributed by atoms with E-state index in [1.807, 2.05) is 18.2 Å². The number of methoxy groups -OCH3 is 1. The lowest BCUT2D eigenvalue weighted by Gasteiger charge is -2.44. The van der Waals surface area contributed by atoms with Crippen LogP contribution in [0.3, 0.4) is 0 Å². The number of hydrogen-bond acceptors (Lipinski definition) is 3. The van der Waals surface area contributed by atoms with Crippen LogP contribution in [0.5, 0.6) is 5.75 Å². The molecule has 0 fully saturated rings. The average molecular weight is 491 g/mol. The van der Waals surface area contributed by atoms with Crippen molar-refractivity contribution in [2.24, 2.45) is 0 Å². The zero-order valence-corrected chi connectivity index (χ0v) is 24.6. The summed E-state index contributed by atoms with van der Waals surface area (Å²) in [4.78, 5) is 0. The van der Waals surface area contributed by atoms with Gasteiger partial charge in [-0.05, 0) is 40.7 Å². The Labute approximate surface area is 212 Å². The van der Waals surface area contributed by atoms with Crippen LogP contribution in [0.2, 0.25) is 16.6 Å². The van der Waals surface area contributed by atoms with E-state index < -0.39 is 13.9 Å². The van der Waals surface area contributed by atoms with Gasteiger partial charge < -0.3 is 13.9 Å². The highest BCUT2D eigenvalue weighted by Gasteiger charge is 2.46. The molecule has 34 heavy (non-hydrogen) atoms. The van der Waals surface area contributed by atoms with Gasteiger partial charge in [-0.3, -0.25) is 0 Å². The van der Waals surface area contributed by atoms with Crippen molar-refractivity contribution in [3.63, 3.8) is 0 Å². The first-order valence-corrected chi connectivity index (χ1v) is 15.9. The van der Waals surface area contributed by atoms with Gasteiger partial charge in [0.05, 0.1) is 20.3 Å². The van der Waals surface area contributed by atoms with Gasteiger partial charge in [0.15, 0.2) is 8.32 Å². The number of benzene rings is 1. The predicted octanol–water partition coefficient (Wildman–Crippen LogP) is 9.47. The number of unbranched alkanes of at least 4 members (excludes halogenated alkanes) is 6. The molecule has 0 bridgehead atoms. The zero-order valence-electron chi connectivity index (χ0n) is 23.6. The van der Waals surface area contributed by atoms with Gasteiger partial charge in [-0.2, -0.15) is 0 Å². The van der Waals surface area contributed by atoms with Crippen LogP contribution in [-0.4, -0.2) is 27.6 Å². The Bertz CT molecular complexity index is 646. The van der Waals surface area contributed by atoms with E-state index in [-0.39, 0.29) is 0 Å². The second-order valence-electron chi connectivity index (χ2n) is 10.9. The molecule has 0 aliphatic heterocycles. The van der Waals surface area contributed by atoms with Gasteiger partial charge in [0, 0.05) is 0 Å². The van der Waals surface area contributed by atoms with Gasteiger partial charge in [0.25, 0.3) is 0 Å². The van der Waals surface area contributed by atoms with Gasteiger partial charge in [0.2, 0.25) is 0 Å². The third-order valence-corrected chi connectivity index (χ3v) is 13.6. The molecule has 1 aromatic rings. The molecule has 0 heterocycles. The minimum Gasteiger partial charge on any atom is -0.497 e. The fourth-order valence-electron chi connectivity index (χ4n) is 5.48. The van der Waals surface area contributed by atoms with Crippen LogP contribution in [0.4, 0.5) is 0 Å².